The number of allylic oxidation sites excluding steroid dienone is 10. The standard InChI is InChI=1S/C31H43O2PS/c35-34-29-23-17-11-5-4-7-13-19-25(29)32-27-21-15-8-2-1-3-9-16-22-28(31(27)34)33-26-20-14-10-6-12-18-24-30(26)34/h1-3,8-9,15-16,21-22,25-26,29-30H,4-7,10-14,17-20,23-24H2/b2-1-,3-1?,8-2?,9-3-,15-8-,16-9?,21-15?,22-16-,27-21+,28-22?. The molecule has 5 atom stereocenters. The maximum absolute atomic E-state index is 7.11. The fourth-order valence-corrected chi connectivity index (χ4v) is 13.5. The highest BCUT2D eigenvalue weighted by atomic mass is 32.4. The Morgan fingerprint density at radius 1 is 0.571 bits per heavy atom. The summed E-state index contributed by atoms with van der Waals surface area (Å²) >= 11 is 7.11. The Balaban J connectivity index is 1.66. The summed E-state index contributed by atoms with van der Waals surface area (Å²) in [6.07, 6.45) is 39.0. The van der Waals surface area contributed by atoms with Gasteiger partial charge in [0, 0.05) is 17.4 Å². The van der Waals surface area contributed by atoms with Gasteiger partial charge in [-0.3, -0.25) is 0 Å². The molecule has 35 heavy (non-hydrogen) atoms. The summed E-state index contributed by atoms with van der Waals surface area (Å²) < 4.78 is 13.9. The summed E-state index contributed by atoms with van der Waals surface area (Å²) in [4.78, 5) is 0. The molecule has 0 aromatic carbocycles. The van der Waals surface area contributed by atoms with E-state index < -0.39 is 6.04 Å². The second-order valence-electron chi connectivity index (χ2n) is 11.0. The molecular formula is C31H43O2PS. The first-order valence-electron chi connectivity index (χ1n) is 14.3. The number of rotatable bonds is 0. The summed E-state index contributed by atoms with van der Waals surface area (Å²) in [5, 5.41) is 1.28. The quantitative estimate of drug-likeness (QED) is 0.303. The van der Waals surface area contributed by atoms with Crippen molar-refractivity contribution in [2.75, 3.05) is 0 Å². The smallest absolute Gasteiger partial charge is 0.131 e. The van der Waals surface area contributed by atoms with Crippen LogP contribution in [-0.4, -0.2) is 23.5 Å². The van der Waals surface area contributed by atoms with Crippen molar-refractivity contribution in [3.05, 3.63) is 71.5 Å². The minimum absolute atomic E-state index is 0.266. The van der Waals surface area contributed by atoms with Crippen LogP contribution in [0, 0.1) is 0 Å². The van der Waals surface area contributed by atoms with E-state index >= 15 is 0 Å². The topological polar surface area (TPSA) is 18.5 Å². The molecule has 3 aliphatic carbocycles. The molecule has 1 saturated heterocycles. The zero-order valence-electron chi connectivity index (χ0n) is 21.3. The third-order valence-electron chi connectivity index (χ3n) is 8.61. The number of hydrogen-bond donors (Lipinski definition) is 0. The molecule has 0 radical (unpaired) electrons. The van der Waals surface area contributed by atoms with Gasteiger partial charge in [0.15, 0.2) is 0 Å². The van der Waals surface area contributed by atoms with Crippen molar-refractivity contribution in [2.45, 2.75) is 120 Å². The second-order valence-corrected chi connectivity index (χ2v) is 16.0. The zero-order chi connectivity index (χ0) is 23.9. The SMILES string of the molecule is S=P12C3=C(\C=C/C=C\C=C/C=C\C=C3\OC3CCCCCCCCC31)OC1CCCCCCCC12. The molecule has 0 N–H and O–H groups in total. The highest BCUT2D eigenvalue weighted by molar-refractivity contribution is 8.17. The lowest BCUT2D eigenvalue weighted by Crippen LogP contribution is -2.44. The van der Waals surface area contributed by atoms with E-state index in [0.717, 1.165) is 24.4 Å². The van der Waals surface area contributed by atoms with Gasteiger partial charge in [-0.1, -0.05) is 112 Å². The van der Waals surface area contributed by atoms with Crippen molar-refractivity contribution in [3.63, 3.8) is 0 Å². The molecule has 2 nitrogen and oxygen atoms in total. The van der Waals surface area contributed by atoms with E-state index in [1.807, 2.05) is 0 Å². The van der Waals surface area contributed by atoms with Gasteiger partial charge in [0.1, 0.15) is 23.7 Å². The predicted octanol–water partition coefficient (Wildman–Crippen LogP) is 9.21. The van der Waals surface area contributed by atoms with Crippen LogP contribution in [0.4, 0.5) is 0 Å². The molecule has 4 heteroatoms. The van der Waals surface area contributed by atoms with Gasteiger partial charge >= 0.3 is 0 Å². The molecule has 5 rings (SSSR count). The van der Waals surface area contributed by atoms with E-state index in [4.69, 9.17) is 21.3 Å². The van der Waals surface area contributed by atoms with Crippen LogP contribution in [0.15, 0.2) is 71.5 Å². The van der Waals surface area contributed by atoms with E-state index in [2.05, 4.69) is 54.7 Å². The minimum Gasteiger partial charge on any atom is -0.489 e. The fraction of sp³-hybridized carbons (Fsp3) is 0.613. The van der Waals surface area contributed by atoms with Crippen molar-refractivity contribution in [1.29, 1.82) is 0 Å². The Labute approximate surface area is 218 Å². The summed E-state index contributed by atoms with van der Waals surface area (Å²) in [5.74, 6) is 2.03. The molecule has 0 bridgehead atoms. The number of hydrogen-bond acceptors (Lipinski definition) is 3. The fourth-order valence-electron chi connectivity index (χ4n) is 6.87. The highest BCUT2D eigenvalue weighted by Crippen LogP contribution is 2.74. The lowest BCUT2D eigenvalue weighted by atomic mass is 9.98. The van der Waals surface area contributed by atoms with Gasteiger partial charge in [-0.2, -0.15) is 0 Å². The number of ether oxygens (including phenoxy) is 2. The lowest BCUT2D eigenvalue weighted by Gasteiger charge is -2.52. The van der Waals surface area contributed by atoms with Crippen LogP contribution in [0.2, 0.25) is 0 Å². The van der Waals surface area contributed by atoms with Crippen LogP contribution >= 0.6 is 6.04 Å². The minimum atomic E-state index is -1.94. The molecule has 0 amide bonds. The van der Waals surface area contributed by atoms with Gasteiger partial charge in [0.05, 0.1) is 5.31 Å². The van der Waals surface area contributed by atoms with E-state index in [9.17, 15) is 0 Å². The molecule has 3 fully saturated rings. The normalized spacial score (nSPS) is 41.4. The summed E-state index contributed by atoms with van der Waals surface area (Å²) in [6, 6.07) is -1.94. The molecule has 2 heterocycles. The van der Waals surface area contributed by atoms with Gasteiger partial charge in [-0.05, 0) is 50.7 Å². The summed E-state index contributed by atoms with van der Waals surface area (Å²) in [5.41, 5.74) is 0.994. The van der Waals surface area contributed by atoms with Crippen LogP contribution < -0.4 is 0 Å². The van der Waals surface area contributed by atoms with Crippen molar-refractivity contribution in [3.8, 4) is 0 Å². The molecule has 2 saturated carbocycles. The van der Waals surface area contributed by atoms with E-state index in [-0.39, 0.29) is 12.2 Å². The van der Waals surface area contributed by atoms with Crippen LogP contribution in [0.3, 0.4) is 0 Å². The molecule has 0 aromatic rings. The highest BCUT2D eigenvalue weighted by Gasteiger charge is 2.54. The van der Waals surface area contributed by atoms with Gasteiger partial charge in [-0.15, -0.1) is 0 Å². The van der Waals surface area contributed by atoms with Gasteiger partial charge in [0.25, 0.3) is 0 Å². The Morgan fingerprint density at radius 2 is 1.06 bits per heavy atom. The molecule has 0 spiro atoms. The molecule has 190 valence electrons. The summed E-state index contributed by atoms with van der Waals surface area (Å²) in [7, 11) is 0. The van der Waals surface area contributed by atoms with Crippen LogP contribution in [0.1, 0.15) is 96.3 Å². The van der Waals surface area contributed by atoms with Crippen molar-refractivity contribution >= 4 is 17.8 Å². The van der Waals surface area contributed by atoms with Crippen molar-refractivity contribution in [2.24, 2.45) is 0 Å². The Hall–Kier alpha value is -1.31. The van der Waals surface area contributed by atoms with Gasteiger partial charge in [-0.25, -0.2) is 0 Å². The van der Waals surface area contributed by atoms with Crippen molar-refractivity contribution < 1.29 is 9.47 Å². The first kappa shape index (κ1) is 25.3. The Kier molecular flexibility index (Phi) is 8.90. The van der Waals surface area contributed by atoms with Gasteiger partial charge < -0.3 is 9.47 Å². The van der Waals surface area contributed by atoms with E-state index in [1.54, 1.807) is 0 Å². The molecular weight excluding hydrogens is 467 g/mol. The first-order chi connectivity index (χ1) is 17.3. The average Bonchev–Trinajstić information content (AvgIpc) is 2.97. The number of fused-ring (bicyclic) bond motifs is 4. The molecule has 5 aliphatic rings. The summed E-state index contributed by atoms with van der Waals surface area (Å²) in [6.45, 7) is 0. The molecule has 5 unspecified atom stereocenters. The maximum atomic E-state index is 7.11. The van der Waals surface area contributed by atoms with Gasteiger partial charge in [0.2, 0.25) is 0 Å². The monoisotopic (exact) mass is 510 g/mol. The lowest BCUT2D eigenvalue weighted by molar-refractivity contribution is 0.0743. The second kappa shape index (κ2) is 12.3. The third-order valence-corrected chi connectivity index (χ3v) is 15.1. The Morgan fingerprint density at radius 3 is 1.69 bits per heavy atom. The first-order valence-corrected chi connectivity index (χ1v) is 17.3. The molecule has 0 aromatic heterocycles. The predicted molar refractivity (Wildman–Crippen MR) is 153 cm³/mol. The van der Waals surface area contributed by atoms with Crippen LogP contribution in [0.25, 0.3) is 0 Å². The zero-order valence-corrected chi connectivity index (χ0v) is 23.0. The molecule has 2 aliphatic heterocycles. The van der Waals surface area contributed by atoms with Crippen LogP contribution in [0.5, 0.6) is 0 Å². The Bertz CT molecular complexity index is 968. The van der Waals surface area contributed by atoms with E-state index in [0.29, 0.717) is 11.3 Å². The average molecular weight is 511 g/mol. The largest absolute Gasteiger partial charge is 0.489 e. The maximum Gasteiger partial charge on any atom is 0.131 e. The van der Waals surface area contributed by atoms with E-state index in [1.165, 1.54) is 88.8 Å². The van der Waals surface area contributed by atoms with Crippen LogP contribution in [-0.2, 0) is 21.3 Å². The van der Waals surface area contributed by atoms with Crippen molar-refractivity contribution in [1.82, 2.24) is 0 Å². The third kappa shape index (κ3) is 5.67.